The molecule has 1 saturated heterocycles. The number of unbranched alkanes of at least 4 members (excludes halogenated alkanes) is 1. The fraction of sp³-hybridized carbons (Fsp3) is 0.429. The molecule has 1 heterocycles. The van der Waals surface area contributed by atoms with Gasteiger partial charge in [0.25, 0.3) is 11.7 Å². The molecular formula is C28H35NO7. The molecule has 0 aliphatic carbocycles. The standard InChI is InChI=1S/C28H35NO7/c1-6-7-15-36-22-12-9-19(17-23(22)35-5)25-24(27(31)28(32)29(25)13-8-14-33-3)26(30)20-10-11-21(34-4)18(2)16-20/h9-12,16-17,25,30H,6-8,13-15H2,1-5H3/b26-24+. The average Bonchev–Trinajstić information content (AvgIpc) is 3.13. The second kappa shape index (κ2) is 12.4. The maximum atomic E-state index is 13.2. The van der Waals surface area contributed by atoms with Crippen LogP contribution in [0.15, 0.2) is 42.0 Å². The lowest BCUT2D eigenvalue weighted by Crippen LogP contribution is -2.31. The van der Waals surface area contributed by atoms with Crippen molar-refractivity contribution in [1.82, 2.24) is 4.90 Å². The van der Waals surface area contributed by atoms with Gasteiger partial charge in [-0.2, -0.15) is 0 Å². The highest BCUT2D eigenvalue weighted by molar-refractivity contribution is 6.46. The molecule has 36 heavy (non-hydrogen) atoms. The third-order valence-corrected chi connectivity index (χ3v) is 6.21. The van der Waals surface area contributed by atoms with Crippen LogP contribution in [0.2, 0.25) is 0 Å². The van der Waals surface area contributed by atoms with Crippen LogP contribution in [-0.4, -0.2) is 62.8 Å². The lowest BCUT2D eigenvalue weighted by molar-refractivity contribution is -0.140. The van der Waals surface area contributed by atoms with Crippen LogP contribution in [-0.2, 0) is 14.3 Å². The summed E-state index contributed by atoms with van der Waals surface area (Å²) in [5.74, 6) is 0.103. The number of amides is 1. The van der Waals surface area contributed by atoms with E-state index >= 15 is 0 Å². The Kier molecular flexibility index (Phi) is 9.36. The van der Waals surface area contributed by atoms with E-state index in [1.54, 1.807) is 57.7 Å². The number of aryl methyl sites for hydroxylation is 1. The third kappa shape index (κ3) is 5.65. The molecule has 1 atom stereocenters. The molecule has 1 N–H and O–H groups in total. The fourth-order valence-corrected chi connectivity index (χ4v) is 4.32. The first-order chi connectivity index (χ1) is 17.4. The van der Waals surface area contributed by atoms with Crippen LogP contribution in [0, 0.1) is 6.92 Å². The molecule has 3 rings (SSSR count). The van der Waals surface area contributed by atoms with Crippen molar-refractivity contribution in [3.8, 4) is 17.2 Å². The minimum atomic E-state index is -0.789. The van der Waals surface area contributed by atoms with Gasteiger partial charge >= 0.3 is 0 Å². The Labute approximate surface area is 212 Å². The zero-order valence-corrected chi connectivity index (χ0v) is 21.6. The predicted octanol–water partition coefficient (Wildman–Crippen LogP) is 4.65. The van der Waals surface area contributed by atoms with Gasteiger partial charge in [-0.25, -0.2) is 0 Å². The molecule has 1 fully saturated rings. The van der Waals surface area contributed by atoms with Gasteiger partial charge in [-0.05, 0) is 61.2 Å². The van der Waals surface area contributed by atoms with Crippen LogP contribution in [0.1, 0.15) is 48.9 Å². The van der Waals surface area contributed by atoms with E-state index in [4.69, 9.17) is 18.9 Å². The highest BCUT2D eigenvalue weighted by atomic mass is 16.5. The second-order valence-corrected chi connectivity index (χ2v) is 8.64. The highest BCUT2D eigenvalue weighted by Crippen LogP contribution is 2.42. The molecule has 0 aromatic heterocycles. The number of aliphatic hydroxyl groups excluding tert-OH is 1. The maximum absolute atomic E-state index is 13.2. The van der Waals surface area contributed by atoms with Gasteiger partial charge in [-0.15, -0.1) is 0 Å². The summed E-state index contributed by atoms with van der Waals surface area (Å²) < 4.78 is 21.9. The first-order valence-electron chi connectivity index (χ1n) is 12.1. The van der Waals surface area contributed by atoms with Crippen LogP contribution in [0.3, 0.4) is 0 Å². The van der Waals surface area contributed by atoms with Crippen molar-refractivity contribution in [1.29, 1.82) is 0 Å². The summed E-state index contributed by atoms with van der Waals surface area (Å²) in [5.41, 5.74) is 1.89. The zero-order valence-electron chi connectivity index (χ0n) is 21.6. The van der Waals surface area contributed by atoms with E-state index in [1.165, 1.54) is 4.90 Å². The van der Waals surface area contributed by atoms with Crippen LogP contribution in [0.4, 0.5) is 0 Å². The summed E-state index contributed by atoms with van der Waals surface area (Å²) in [6.07, 6.45) is 2.45. The molecular weight excluding hydrogens is 462 g/mol. The summed E-state index contributed by atoms with van der Waals surface area (Å²) >= 11 is 0. The Bertz CT molecular complexity index is 1120. The summed E-state index contributed by atoms with van der Waals surface area (Å²) in [7, 11) is 4.69. The van der Waals surface area contributed by atoms with Crippen LogP contribution >= 0.6 is 0 Å². The van der Waals surface area contributed by atoms with Crippen molar-refractivity contribution >= 4 is 17.4 Å². The SMILES string of the molecule is CCCCOc1ccc(C2/C(=C(\O)c3ccc(OC)c(C)c3)C(=O)C(=O)N2CCCOC)cc1OC. The van der Waals surface area contributed by atoms with Gasteiger partial charge in [0.05, 0.1) is 32.4 Å². The van der Waals surface area contributed by atoms with Gasteiger partial charge in [-0.1, -0.05) is 19.4 Å². The molecule has 0 spiro atoms. The van der Waals surface area contributed by atoms with Crippen molar-refractivity contribution in [2.24, 2.45) is 0 Å². The number of Topliss-reactive ketones (excluding diaryl/α,β-unsaturated/α-hetero) is 1. The number of carbonyl (C=O) groups is 2. The molecule has 0 radical (unpaired) electrons. The number of hydrogen-bond donors (Lipinski definition) is 1. The van der Waals surface area contributed by atoms with E-state index in [1.807, 2.05) is 6.92 Å². The summed E-state index contributed by atoms with van der Waals surface area (Å²) in [4.78, 5) is 27.8. The molecule has 2 aromatic carbocycles. The Morgan fingerprint density at radius 3 is 2.31 bits per heavy atom. The second-order valence-electron chi connectivity index (χ2n) is 8.64. The lowest BCUT2D eigenvalue weighted by atomic mass is 9.94. The number of carbonyl (C=O) groups excluding carboxylic acids is 2. The predicted molar refractivity (Wildman–Crippen MR) is 137 cm³/mol. The summed E-state index contributed by atoms with van der Waals surface area (Å²) in [6, 6.07) is 9.67. The normalized spacial score (nSPS) is 16.9. The number of hydrogen-bond acceptors (Lipinski definition) is 7. The number of methoxy groups -OCH3 is 3. The van der Waals surface area contributed by atoms with E-state index in [0.29, 0.717) is 54.6 Å². The van der Waals surface area contributed by atoms with Crippen molar-refractivity contribution in [2.45, 2.75) is 39.2 Å². The number of nitrogens with zero attached hydrogens (tertiary/aromatic N) is 1. The average molecular weight is 498 g/mol. The molecule has 2 aromatic rings. The quantitative estimate of drug-likeness (QED) is 0.197. The molecule has 0 bridgehead atoms. The molecule has 1 unspecified atom stereocenters. The number of benzene rings is 2. The Morgan fingerprint density at radius 2 is 1.67 bits per heavy atom. The van der Waals surface area contributed by atoms with E-state index in [9.17, 15) is 14.7 Å². The van der Waals surface area contributed by atoms with E-state index in [-0.39, 0.29) is 11.3 Å². The number of ether oxygens (including phenoxy) is 4. The number of likely N-dealkylation sites (tertiary alicyclic amines) is 1. The van der Waals surface area contributed by atoms with Crippen LogP contribution in [0.5, 0.6) is 17.2 Å². The smallest absolute Gasteiger partial charge is 0.295 e. The summed E-state index contributed by atoms with van der Waals surface area (Å²) in [5, 5.41) is 11.3. The minimum absolute atomic E-state index is 0.0312. The maximum Gasteiger partial charge on any atom is 0.295 e. The van der Waals surface area contributed by atoms with Crippen molar-refractivity contribution in [2.75, 3.05) is 41.1 Å². The van der Waals surface area contributed by atoms with E-state index in [0.717, 1.165) is 18.4 Å². The largest absolute Gasteiger partial charge is 0.507 e. The van der Waals surface area contributed by atoms with Crippen molar-refractivity contribution in [3.05, 3.63) is 58.7 Å². The van der Waals surface area contributed by atoms with Gasteiger partial charge < -0.3 is 29.0 Å². The first kappa shape index (κ1) is 27.1. The highest BCUT2D eigenvalue weighted by Gasteiger charge is 2.46. The van der Waals surface area contributed by atoms with Gasteiger partial charge in [0, 0.05) is 25.8 Å². The molecule has 1 amide bonds. The third-order valence-electron chi connectivity index (χ3n) is 6.21. The number of aliphatic hydroxyl groups is 1. The molecule has 194 valence electrons. The van der Waals surface area contributed by atoms with Crippen LogP contribution < -0.4 is 14.2 Å². The van der Waals surface area contributed by atoms with Crippen molar-refractivity contribution in [3.63, 3.8) is 0 Å². The van der Waals surface area contributed by atoms with Crippen molar-refractivity contribution < 1.29 is 33.6 Å². The van der Waals surface area contributed by atoms with E-state index in [2.05, 4.69) is 6.92 Å². The molecule has 8 nitrogen and oxygen atoms in total. The molecule has 0 saturated carbocycles. The topological polar surface area (TPSA) is 94.5 Å². The Hall–Kier alpha value is -3.52. The van der Waals surface area contributed by atoms with E-state index < -0.39 is 17.7 Å². The Morgan fingerprint density at radius 1 is 0.944 bits per heavy atom. The molecule has 1 aliphatic rings. The Balaban J connectivity index is 2.11. The van der Waals surface area contributed by atoms with Gasteiger partial charge in [0.15, 0.2) is 11.5 Å². The van der Waals surface area contributed by atoms with Gasteiger partial charge in [0.1, 0.15) is 11.5 Å². The number of rotatable bonds is 12. The monoisotopic (exact) mass is 497 g/mol. The lowest BCUT2D eigenvalue weighted by Gasteiger charge is -2.26. The minimum Gasteiger partial charge on any atom is -0.507 e. The molecule has 8 heteroatoms. The van der Waals surface area contributed by atoms with Gasteiger partial charge in [-0.3, -0.25) is 9.59 Å². The molecule has 1 aliphatic heterocycles. The summed E-state index contributed by atoms with van der Waals surface area (Å²) in [6.45, 7) is 5.21. The van der Waals surface area contributed by atoms with Crippen LogP contribution in [0.25, 0.3) is 5.76 Å². The fourth-order valence-electron chi connectivity index (χ4n) is 4.32. The van der Waals surface area contributed by atoms with Gasteiger partial charge in [0.2, 0.25) is 0 Å². The zero-order chi connectivity index (χ0) is 26.2. The number of ketones is 1. The first-order valence-corrected chi connectivity index (χ1v) is 12.1.